The summed E-state index contributed by atoms with van der Waals surface area (Å²) >= 11 is 0. The van der Waals surface area contributed by atoms with Crippen LogP contribution in [-0.4, -0.2) is 41.2 Å². The first-order chi connectivity index (χ1) is 15.5. The van der Waals surface area contributed by atoms with Crippen molar-refractivity contribution in [1.82, 2.24) is 9.88 Å². The molecule has 1 N–H and O–H groups in total. The molecular weight excluding hydrogens is 411 g/mol. The largest absolute Gasteiger partial charge is 0.496 e. The number of aromatic nitrogens is 1. The van der Waals surface area contributed by atoms with Gasteiger partial charge in [-0.2, -0.15) is 0 Å². The average Bonchev–Trinajstić information content (AvgIpc) is 3.22. The number of carbonyl (C=O) groups is 1. The van der Waals surface area contributed by atoms with Crippen LogP contribution in [0.5, 0.6) is 11.5 Å². The Kier molecular flexibility index (Phi) is 6.37. The van der Waals surface area contributed by atoms with Gasteiger partial charge in [0.1, 0.15) is 29.1 Å². The van der Waals surface area contributed by atoms with Gasteiger partial charge in [-0.3, -0.25) is 14.7 Å². The van der Waals surface area contributed by atoms with Crippen molar-refractivity contribution in [2.75, 3.05) is 14.2 Å². The monoisotopic (exact) mass is 436 g/mol. The van der Waals surface area contributed by atoms with E-state index in [0.717, 1.165) is 11.1 Å². The molecule has 0 unspecified atom stereocenters. The van der Waals surface area contributed by atoms with Crippen LogP contribution in [0.3, 0.4) is 0 Å². The lowest BCUT2D eigenvalue weighted by Gasteiger charge is -2.29. The maximum absolute atomic E-state index is 14.5. The Morgan fingerprint density at radius 1 is 1.09 bits per heavy atom. The van der Waals surface area contributed by atoms with Gasteiger partial charge < -0.3 is 14.6 Å². The highest BCUT2D eigenvalue weighted by Crippen LogP contribution is 2.40. The Morgan fingerprint density at radius 3 is 2.53 bits per heavy atom. The SMILES string of the molecule is COc1ccccc1-c1ncc(CN2[C@@H](c3ccccc3F)CC[C@H]2C(=O)O)cc1OC. The Morgan fingerprint density at radius 2 is 1.81 bits per heavy atom. The predicted molar refractivity (Wildman–Crippen MR) is 118 cm³/mol. The van der Waals surface area contributed by atoms with Gasteiger partial charge >= 0.3 is 5.97 Å². The fourth-order valence-electron chi connectivity index (χ4n) is 4.41. The fourth-order valence-corrected chi connectivity index (χ4v) is 4.41. The van der Waals surface area contributed by atoms with Gasteiger partial charge in [-0.25, -0.2) is 4.39 Å². The number of halogens is 1. The third-order valence-electron chi connectivity index (χ3n) is 5.92. The minimum atomic E-state index is -0.908. The molecular formula is C25H25FN2O4. The molecule has 2 heterocycles. The summed E-state index contributed by atoms with van der Waals surface area (Å²) < 4.78 is 25.5. The molecule has 7 heteroatoms. The Balaban J connectivity index is 1.68. The maximum Gasteiger partial charge on any atom is 0.320 e. The summed E-state index contributed by atoms with van der Waals surface area (Å²) in [7, 11) is 3.17. The Bertz CT molecular complexity index is 1120. The van der Waals surface area contributed by atoms with E-state index < -0.39 is 12.0 Å². The normalized spacial score (nSPS) is 18.5. The van der Waals surface area contributed by atoms with E-state index in [2.05, 4.69) is 4.98 Å². The van der Waals surface area contributed by atoms with Gasteiger partial charge in [0, 0.05) is 29.9 Å². The van der Waals surface area contributed by atoms with Crippen LogP contribution >= 0.6 is 0 Å². The molecule has 0 aliphatic carbocycles. The van der Waals surface area contributed by atoms with Crippen molar-refractivity contribution in [3.63, 3.8) is 0 Å². The molecule has 1 fully saturated rings. The van der Waals surface area contributed by atoms with Crippen LogP contribution in [0.2, 0.25) is 0 Å². The lowest BCUT2D eigenvalue weighted by atomic mass is 10.0. The van der Waals surface area contributed by atoms with Crippen molar-refractivity contribution in [3.8, 4) is 22.8 Å². The number of pyridine rings is 1. The molecule has 0 amide bonds. The van der Waals surface area contributed by atoms with E-state index in [0.29, 0.717) is 42.1 Å². The van der Waals surface area contributed by atoms with E-state index in [1.165, 1.54) is 6.07 Å². The quantitative estimate of drug-likeness (QED) is 0.579. The number of benzene rings is 2. The first-order valence-corrected chi connectivity index (χ1v) is 10.4. The molecule has 2 aromatic carbocycles. The molecule has 0 radical (unpaired) electrons. The van der Waals surface area contributed by atoms with Gasteiger partial charge in [-0.05, 0) is 42.7 Å². The lowest BCUT2D eigenvalue weighted by Crippen LogP contribution is -2.37. The first kappa shape index (κ1) is 21.8. The maximum atomic E-state index is 14.5. The van der Waals surface area contributed by atoms with Gasteiger partial charge in [0.15, 0.2) is 0 Å². The van der Waals surface area contributed by atoms with Crippen LogP contribution in [0.1, 0.15) is 30.0 Å². The van der Waals surface area contributed by atoms with Gasteiger partial charge in [0.05, 0.1) is 14.2 Å². The number of carboxylic acids is 1. The molecule has 0 spiro atoms. The van der Waals surface area contributed by atoms with Crippen molar-refractivity contribution in [2.45, 2.75) is 31.5 Å². The van der Waals surface area contributed by atoms with Crippen LogP contribution in [0.15, 0.2) is 60.8 Å². The van der Waals surface area contributed by atoms with Crippen LogP contribution < -0.4 is 9.47 Å². The number of nitrogens with zero attached hydrogens (tertiary/aromatic N) is 2. The van der Waals surface area contributed by atoms with Crippen LogP contribution in [0.25, 0.3) is 11.3 Å². The fraction of sp³-hybridized carbons (Fsp3) is 0.280. The first-order valence-electron chi connectivity index (χ1n) is 10.4. The third-order valence-corrected chi connectivity index (χ3v) is 5.92. The Labute approximate surface area is 186 Å². The standard InChI is InChI=1S/C25H25FN2O4/c1-31-22-10-6-4-8-18(22)24-23(32-2)13-16(14-27-24)15-28-20(11-12-21(28)25(29)30)17-7-3-5-9-19(17)26/h3-10,13-14,20-21H,11-12,15H2,1-2H3,(H,29,30)/t20-,21+/m1/s1. The number of carboxylic acid groups (broad SMARTS) is 1. The van der Waals surface area contributed by atoms with Gasteiger partial charge in [0.2, 0.25) is 0 Å². The molecule has 1 aliphatic rings. The van der Waals surface area contributed by atoms with E-state index in [1.54, 1.807) is 38.6 Å². The minimum Gasteiger partial charge on any atom is -0.496 e. The van der Waals surface area contributed by atoms with E-state index in [-0.39, 0.29) is 11.9 Å². The topological polar surface area (TPSA) is 71.9 Å². The minimum absolute atomic E-state index is 0.311. The number of aliphatic carboxylic acids is 1. The van der Waals surface area contributed by atoms with Crippen molar-refractivity contribution < 1.29 is 23.8 Å². The van der Waals surface area contributed by atoms with Crippen molar-refractivity contribution in [2.24, 2.45) is 0 Å². The zero-order valence-electron chi connectivity index (χ0n) is 18.0. The molecule has 32 heavy (non-hydrogen) atoms. The van der Waals surface area contributed by atoms with Gasteiger partial charge in [-0.1, -0.05) is 30.3 Å². The molecule has 1 aromatic heterocycles. The lowest BCUT2D eigenvalue weighted by molar-refractivity contribution is -0.142. The van der Waals surface area contributed by atoms with Crippen LogP contribution in [-0.2, 0) is 11.3 Å². The molecule has 3 aromatic rings. The summed E-state index contributed by atoms with van der Waals surface area (Å²) in [4.78, 5) is 18.3. The van der Waals surface area contributed by atoms with Gasteiger partial charge in [-0.15, -0.1) is 0 Å². The molecule has 6 nitrogen and oxygen atoms in total. The third kappa shape index (κ3) is 4.16. The molecule has 166 valence electrons. The smallest absolute Gasteiger partial charge is 0.320 e. The Hall–Kier alpha value is -3.45. The zero-order chi connectivity index (χ0) is 22.7. The van der Waals surface area contributed by atoms with Crippen molar-refractivity contribution >= 4 is 5.97 Å². The molecule has 0 bridgehead atoms. The second-order valence-corrected chi connectivity index (χ2v) is 7.74. The molecule has 2 atom stereocenters. The molecule has 1 saturated heterocycles. The van der Waals surface area contributed by atoms with Crippen LogP contribution in [0.4, 0.5) is 4.39 Å². The number of ether oxygens (including phenoxy) is 2. The molecule has 0 saturated carbocycles. The van der Waals surface area contributed by atoms with E-state index >= 15 is 0 Å². The number of hydrogen-bond donors (Lipinski definition) is 1. The second kappa shape index (κ2) is 9.36. The number of methoxy groups -OCH3 is 2. The second-order valence-electron chi connectivity index (χ2n) is 7.74. The summed E-state index contributed by atoms with van der Waals surface area (Å²) in [5, 5.41) is 9.76. The van der Waals surface area contributed by atoms with Crippen LogP contribution in [0, 0.1) is 5.82 Å². The summed E-state index contributed by atoms with van der Waals surface area (Å²) in [6.45, 7) is 0.311. The predicted octanol–water partition coefficient (Wildman–Crippen LogP) is 4.70. The van der Waals surface area contributed by atoms with E-state index in [4.69, 9.17) is 9.47 Å². The number of para-hydroxylation sites is 1. The highest BCUT2D eigenvalue weighted by Gasteiger charge is 2.39. The highest BCUT2D eigenvalue weighted by molar-refractivity contribution is 5.74. The number of likely N-dealkylation sites (tertiary alicyclic amines) is 1. The number of rotatable bonds is 7. The zero-order valence-corrected chi connectivity index (χ0v) is 18.0. The summed E-state index contributed by atoms with van der Waals surface area (Å²) in [5.41, 5.74) is 2.74. The highest BCUT2D eigenvalue weighted by atomic mass is 19.1. The van der Waals surface area contributed by atoms with Gasteiger partial charge in [0.25, 0.3) is 0 Å². The summed E-state index contributed by atoms with van der Waals surface area (Å²) in [6.07, 6.45) is 2.74. The number of hydrogen-bond acceptors (Lipinski definition) is 5. The van der Waals surface area contributed by atoms with E-state index in [1.807, 2.05) is 35.2 Å². The van der Waals surface area contributed by atoms with Crippen molar-refractivity contribution in [3.05, 3.63) is 77.7 Å². The summed E-state index contributed by atoms with van der Waals surface area (Å²) in [6, 6.07) is 14.9. The summed E-state index contributed by atoms with van der Waals surface area (Å²) in [5.74, 6) is 0.00170. The molecule has 1 aliphatic heterocycles. The van der Waals surface area contributed by atoms with Crippen molar-refractivity contribution in [1.29, 1.82) is 0 Å². The van der Waals surface area contributed by atoms with E-state index in [9.17, 15) is 14.3 Å². The average molecular weight is 436 g/mol. The molecule has 4 rings (SSSR count).